The van der Waals surface area contributed by atoms with Crippen LogP contribution < -0.4 is 5.32 Å². The first kappa shape index (κ1) is 15.4. The Hall–Kier alpha value is -0.980. The first-order valence-corrected chi connectivity index (χ1v) is 7.55. The summed E-state index contributed by atoms with van der Waals surface area (Å²) in [5, 5.41) is 11.7. The van der Waals surface area contributed by atoms with E-state index in [1.807, 2.05) is 10.9 Å². The molecule has 1 aromatic heterocycles. The zero-order valence-electron chi connectivity index (χ0n) is 12.9. The molecule has 2 heterocycles. The lowest BCUT2D eigenvalue weighted by Gasteiger charge is -2.31. The molecule has 0 aliphatic carbocycles. The summed E-state index contributed by atoms with van der Waals surface area (Å²) < 4.78 is 7.39. The third-order valence-corrected chi connectivity index (χ3v) is 3.72. The van der Waals surface area contributed by atoms with Gasteiger partial charge in [0.05, 0.1) is 18.3 Å². The lowest BCUT2D eigenvalue weighted by atomic mass is 10.1. The zero-order valence-corrected chi connectivity index (χ0v) is 12.9. The van der Waals surface area contributed by atoms with E-state index in [2.05, 4.69) is 34.4 Å². The minimum absolute atomic E-state index is 0.394. The molecule has 2 rings (SSSR count). The van der Waals surface area contributed by atoms with Crippen molar-refractivity contribution in [3.63, 3.8) is 0 Å². The van der Waals surface area contributed by atoms with Crippen LogP contribution in [0.15, 0.2) is 6.20 Å². The number of rotatable bonds is 7. The molecule has 1 N–H and O–H groups in total. The molecule has 6 nitrogen and oxygen atoms in total. The van der Waals surface area contributed by atoms with Crippen LogP contribution in [0.1, 0.15) is 32.4 Å². The highest BCUT2D eigenvalue weighted by Crippen LogP contribution is 2.12. The van der Waals surface area contributed by atoms with E-state index in [0.717, 1.165) is 38.4 Å². The number of hydrogen-bond donors (Lipinski definition) is 1. The minimum Gasteiger partial charge on any atom is -0.380 e. The fourth-order valence-electron chi connectivity index (χ4n) is 2.49. The van der Waals surface area contributed by atoms with Crippen molar-refractivity contribution < 1.29 is 4.74 Å². The van der Waals surface area contributed by atoms with E-state index < -0.39 is 0 Å². The van der Waals surface area contributed by atoms with E-state index in [-0.39, 0.29) is 0 Å². The molecule has 20 heavy (non-hydrogen) atoms. The number of likely N-dealkylation sites (tertiary alicyclic amines) is 1. The Labute approximate surface area is 121 Å². The summed E-state index contributed by atoms with van der Waals surface area (Å²) in [6, 6.07) is 0.472. The van der Waals surface area contributed by atoms with Crippen molar-refractivity contribution in [2.75, 3.05) is 26.7 Å². The Balaban J connectivity index is 1.73. The van der Waals surface area contributed by atoms with Gasteiger partial charge in [0, 0.05) is 39.0 Å². The van der Waals surface area contributed by atoms with Gasteiger partial charge in [-0.15, -0.1) is 5.10 Å². The number of ether oxygens (including phenoxy) is 1. The molecule has 6 heteroatoms. The number of piperidine rings is 1. The maximum Gasteiger partial charge on any atom is 0.0964 e. The van der Waals surface area contributed by atoms with E-state index in [9.17, 15) is 0 Å². The minimum atomic E-state index is 0.394. The van der Waals surface area contributed by atoms with Gasteiger partial charge in [0.15, 0.2) is 0 Å². The quantitative estimate of drug-likeness (QED) is 0.804. The van der Waals surface area contributed by atoms with E-state index in [0.29, 0.717) is 12.1 Å². The predicted octanol–water partition coefficient (Wildman–Crippen LogP) is 0.887. The van der Waals surface area contributed by atoms with Crippen LogP contribution in [0.2, 0.25) is 0 Å². The summed E-state index contributed by atoms with van der Waals surface area (Å²) in [5.74, 6) is 0. The first-order valence-electron chi connectivity index (χ1n) is 7.55. The van der Waals surface area contributed by atoms with Crippen molar-refractivity contribution in [1.29, 1.82) is 0 Å². The Kier molecular flexibility index (Phi) is 5.94. The largest absolute Gasteiger partial charge is 0.380 e. The van der Waals surface area contributed by atoms with Gasteiger partial charge in [0.1, 0.15) is 0 Å². The van der Waals surface area contributed by atoms with Crippen molar-refractivity contribution in [3.05, 3.63) is 11.9 Å². The number of hydrogen-bond acceptors (Lipinski definition) is 5. The highest BCUT2D eigenvalue weighted by Gasteiger charge is 2.18. The summed E-state index contributed by atoms with van der Waals surface area (Å²) in [6.07, 6.45) is 4.83. The molecule has 0 bridgehead atoms. The molecule has 0 saturated carbocycles. The standard InChI is InChI=1S/C14H27N5O/c1-12(2)15-9-13-10-19(17-16-13)8-7-18-6-4-5-14(11-18)20-3/h10,12,14-15H,4-9,11H2,1-3H3. The van der Waals surface area contributed by atoms with Gasteiger partial charge in [-0.2, -0.15) is 0 Å². The van der Waals surface area contributed by atoms with Crippen molar-refractivity contribution in [2.45, 2.75) is 51.9 Å². The van der Waals surface area contributed by atoms with E-state index in [1.54, 1.807) is 7.11 Å². The smallest absolute Gasteiger partial charge is 0.0964 e. The van der Waals surface area contributed by atoms with Gasteiger partial charge in [0.25, 0.3) is 0 Å². The van der Waals surface area contributed by atoms with Crippen LogP contribution in [0, 0.1) is 0 Å². The molecule has 1 fully saturated rings. The van der Waals surface area contributed by atoms with Gasteiger partial charge < -0.3 is 10.1 Å². The molecule has 0 spiro atoms. The number of nitrogens with one attached hydrogen (secondary N) is 1. The lowest BCUT2D eigenvalue weighted by Crippen LogP contribution is -2.40. The topological polar surface area (TPSA) is 55.2 Å². The average Bonchev–Trinajstić information content (AvgIpc) is 2.91. The summed E-state index contributed by atoms with van der Waals surface area (Å²) in [6.45, 7) is 9.15. The Morgan fingerprint density at radius 3 is 3.05 bits per heavy atom. The zero-order chi connectivity index (χ0) is 14.4. The number of methoxy groups -OCH3 is 1. The molecule has 1 atom stereocenters. The fraction of sp³-hybridized carbons (Fsp3) is 0.857. The van der Waals surface area contributed by atoms with E-state index >= 15 is 0 Å². The second-order valence-electron chi connectivity index (χ2n) is 5.81. The van der Waals surface area contributed by atoms with Crippen LogP contribution in [0.25, 0.3) is 0 Å². The van der Waals surface area contributed by atoms with Gasteiger partial charge in [-0.05, 0) is 19.4 Å². The SMILES string of the molecule is COC1CCCN(CCn2cc(CNC(C)C)nn2)C1. The highest BCUT2D eigenvalue weighted by atomic mass is 16.5. The van der Waals surface area contributed by atoms with Crippen molar-refractivity contribution in [2.24, 2.45) is 0 Å². The normalized spacial score (nSPS) is 20.7. The average molecular weight is 281 g/mol. The fourth-order valence-corrected chi connectivity index (χ4v) is 2.49. The summed E-state index contributed by atoms with van der Waals surface area (Å²) in [7, 11) is 1.81. The van der Waals surface area contributed by atoms with E-state index in [1.165, 1.54) is 12.8 Å². The molecule has 1 saturated heterocycles. The Morgan fingerprint density at radius 2 is 2.30 bits per heavy atom. The monoisotopic (exact) mass is 281 g/mol. The summed E-state index contributed by atoms with van der Waals surface area (Å²) in [4.78, 5) is 2.45. The molecule has 1 aromatic rings. The molecule has 114 valence electrons. The van der Waals surface area contributed by atoms with Gasteiger partial charge in [-0.25, -0.2) is 0 Å². The van der Waals surface area contributed by atoms with Crippen LogP contribution in [-0.4, -0.2) is 58.8 Å². The molecule has 1 aliphatic heterocycles. The van der Waals surface area contributed by atoms with Gasteiger partial charge in [-0.1, -0.05) is 19.1 Å². The van der Waals surface area contributed by atoms with Crippen LogP contribution in [-0.2, 0) is 17.8 Å². The van der Waals surface area contributed by atoms with Crippen molar-refractivity contribution in [1.82, 2.24) is 25.2 Å². The van der Waals surface area contributed by atoms with Gasteiger partial charge >= 0.3 is 0 Å². The summed E-state index contributed by atoms with van der Waals surface area (Å²) in [5.41, 5.74) is 1.01. The van der Waals surface area contributed by atoms with Crippen LogP contribution in [0.4, 0.5) is 0 Å². The number of aromatic nitrogens is 3. The molecular weight excluding hydrogens is 254 g/mol. The molecule has 1 aliphatic rings. The number of nitrogens with zero attached hydrogens (tertiary/aromatic N) is 4. The Bertz CT molecular complexity index is 393. The molecular formula is C14H27N5O. The van der Waals surface area contributed by atoms with Crippen molar-refractivity contribution >= 4 is 0 Å². The molecule has 0 aromatic carbocycles. The van der Waals surface area contributed by atoms with Gasteiger partial charge in [0.2, 0.25) is 0 Å². The molecule has 0 radical (unpaired) electrons. The maximum atomic E-state index is 5.45. The van der Waals surface area contributed by atoms with Crippen LogP contribution >= 0.6 is 0 Å². The highest BCUT2D eigenvalue weighted by molar-refractivity contribution is 4.91. The summed E-state index contributed by atoms with van der Waals surface area (Å²) >= 11 is 0. The predicted molar refractivity (Wildman–Crippen MR) is 78.5 cm³/mol. The maximum absolute atomic E-state index is 5.45. The second kappa shape index (κ2) is 7.71. The third-order valence-electron chi connectivity index (χ3n) is 3.72. The second-order valence-corrected chi connectivity index (χ2v) is 5.81. The van der Waals surface area contributed by atoms with Crippen LogP contribution in [0.5, 0.6) is 0 Å². The van der Waals surface area contributed by atoms with E-state index in [4.69, 9.17) is 4.74 Å². The van der Waals surface area contributed by atoms with Crippen molar-refractivity contribution in [3.8, 4) is 0 Å². The lowest BCUT2D eigenvalue weighted by molar-refractivity contribution is 0.0299. The molecule has 1 unspecified atom stereocenters. The molecule has 0 amide bonds. The Morgan fingerprint density at radius 1 is 1.45 bits per heavy atom. The third kappa shape index (κ3) is 4.85. The first-order chi connectivity index (χ1) is 9.67. The van der Waals surface area contributed by atoms with Gasteiger partial charge in [-0.3, -0.25) is 9.58 Å². The van der Waals surface area contributed by atoms with Crippen LogP contribution in [0.3, 0.4) is 0 Å².